The van der Waals surface area contributed by atoms with Crippen molar-refractivity contribution in [1.29, 1.82) is 0 Å². The second-order valence-corrected chi connectivity index (χ2v) is 7.39. The summed E-state index contributed by atoms with van der Waals surface area (Å²) in [5.74, 6) is -0.136. The minimum Gasteiger partial charge on any atom is -0.453 e. The molecule has 0 fully saturated rings. The summed E-state index contributed by atoms with van der Waals surface area (Å²) in [6.07, 6.45) is -4.42. The Bertz CT molecular complexity index is 1070. The fourth-order valence-electron chi connectivity index (χ4n) is 2.40. The fraction of sp³-hybridized carbons (Fsp3) is 0.278. The Balaban J connectivity index is 1.74. The fourth-order valence-corrected chi connectivity index (χ4v) is 3.36. The van der Waals surface area contributed by atoms with Gasteiger partial charge in [0.2, 0.25) is 11.9 Å². The smallest absolute Gasteiger partial charge is 0.416 e. The Kier molecular flexibility index (Phi) is 5.87. The zero-order chi connectivity index (χ0) is 22.1. The molecule has 2 heterocycles. The first-order valence-electron chi connectivity index (χ1n) is 8.54. The normalized spacial score (nSPS) is 11.4. The number of aryl methyl sites for hydroxylation is 1. The molecule has 0 radical (unpaired) electrons. The molecule has 0 saturated carbocycles. The van der Waals surface area contributed by atoms with Crippen LogP contribution >= 0.6 is 11.3 Å². The molecule has 12 heteroatoms. The number of rotatable bonds is 5. The lowest BCUT2D eigenvalue weighted by molar-refractivity contribution is -0.137. The number of halogens is 3. The molecule has 0 saturated heterocycles. The second-order valence-electron chi connectivity index (χ2n) is 6.39. The van der Waals surface area contributed by atoms with E-state index in [1.165, 1.54) is 12.1 Å². The van der Waals surface area contributed by atoms with Crippen molar-refractivity contribution in [2.24, 2.45) is 0 Å². The Morgan fingerprint density at radius 2 is 1.80 bits per heavy atom. The van der Waals surface area contributed by atoms with Crippen molar-refractivity contribution in [3.8, 4) is 10.6 Å². The van der Waals surface area contributed by atoms with Crippen molar-refractivity contribution in [2.45, 2.75) is 19.7 Å². The maximum absolute atomic E-state index is 12.7. The lowest BCUT2D eigenvalue weighted by Gasteiger charge is -2.11. The quantitative estimate of drug-likeness (QED) is 0.605. The Morgan fingerprint density at radius 3 is 2.40 bits per heavy atom. The average Bonchev–Trinajstić information content (AvgIpc) is 3.07. The van der Waals surface area contributed by atoms with Gasteiger partial charge in [0.1, 0.15) is 9.88 Å². The van der Waals surface area contributed by atoms with Gasteiger partial charge in [0.15, 0.2) is 12.4 Å². The van der Waals surface area contributed by atoms with Crippen LogP contribution in [0.15, 0.2) is 24.3 Å². The predicted molar refractivity (Wildman–Crippen MR) is 105 cm³/mol. The van der Waals surface area contributed by atoms with Gasteiger partial charge in [-0.25, -0.2) is 9.78 Å². The number of carbonyl (C=O) groups is 1. The monoisotopic (exact) mass is 438 g/mol. The first-order valence-corrected chi connectivity index (χ1v) is 9.36. The van der Waals surface area contributed by atoms with E-state index in [2.05, 4.69) is 19.9 Å². The van der Waals surface area contributed by atoms with Gasteiger partial charge in [-0.15, -0.1) is 11.3 Å². The van der Waals surface area contributed by atoms with Gasteiger partial charge in [0, 0.05) is 19.7 Å². The van der Waals surface area contributed by atoms with Crippen molar-refractivity contribution < 1.29 is 22.7 Å². The molecular formula is C18H17F3N6O2S. The zero-order valence-electron chi connectivity index (χ0n) is 16.2. The number of nitrogens with two attached hydrogens (primary N) is 1. The number of hydrogen-bond acceptors (Lipinski definition) is 9. The molecule has 3 aromatic rings. The molecule has 0 aliphatic carbocycles. The van der Waals surface area contributed by atoms with Crippen LogP contribution in [-0.4, -0.2) is 40.0 Å². The summed E-state index contributed by atoms with van der Waals surface area (Å²) in [5.41, 5.74) is 5.75. The molecule has 1 aromatic carbocycles. The molecule has 0 spiro atoms. The molecule has 0 aliphatic rings. The van der Waals surface area contributed by atoms with Crippen LogP contribution in [0.25, 0.3) is 10.6 Å². The molecule has 0 unspecified atom stereocenters. The van der Waals surface area contributed by atoms with E-state index in [9.17, 15) is 18.0 Å². The number of nitrogens with zero attached hydrogens (tertiary/aromatic N) is 5. The van der Waals surface area contributed by atoms with E-state index in [1.807, 2.05) is 0 Å². The summed E-state index contributed by atoms with van der Waals surface area (Å²) in [6.45, 7) is 1.39. The van der Waals surface area contributed by atoms with E-state index in [4.69, 9.17) is 10.5 Å². The third-order valence-corrected chi connectivity index (χ3v) is 5.05. The first kappa shape index (κ1) is 21.4. The number of alkyl halides is 3. The second kappa shape index (κ2) is 8.22. The van der Waals surface area contributed by atoms with Crippen molar-refractivity contribution in [3.63, 3.8) is 0 Å². The summed E-state index contributed by atoms with van der Waals surface area (Å²) in [4.78, 5) is 30.6. The number of ether oxygens (including phenoxy) is 1. The summed E-state index contributed by atoms with van der Waals surface area (Å²) in [7, 11) is 3.46. The maximum Gasteiger partial charge on any atom is 0.416 e. The lowest BCUT2D eigenvalue weighted by Crippen LogP contribution is -2.17. The summed E-state index contributed by atoms with van der Waals surface area (Å²) < 4.78 is 43.4. The maximum atomic E-state index is 12.7. The number of nitrogen functional groups attached to an aromatic ring is 1. The van der Waals surface area contributed by atoms with Crippen LogP contribution in [0.3, 0.4) is 0 Å². The molecule has 8 nitrogen and oxygen atoms in total. The number of benzene rings is 1. The van der Waals surface area contributed by atoms with Crippen molar-refractivity contribution >= 4 is 29.2 Å². The van der Waals surface area contributed by atoms with Gasteiger partial charge in [0.05, 0.1) is 11.3 Å². The standard InChI is InChI=1S/C18H17F3N6O2S/c1-9-13(15(28)29-8-12-24-16(22)26-17(25-12)27(2)3)30-14(23-9)10-4-6-11(7-5-10)18(19,20)21/h4-7H,8H2,1-3H3,(H2,22,24,25,26). The van der Waals surface area contributed by atoms with Crippen LogP contribution in [0.4, 0.5) is 25.1 Å². The molecule has 2 N–H and O–H groups in total. The Morgan fingerprint density at radius 1 is 1.13 bits per heavy atom. The number of carbonyl (C=O) groups excluding carboxylic acids is 1. The van der Waals surface area contributed by atoms with E-state index >= 15 is 0 Å². The highest BCUT2D eigenvalue weighted by molar-refractivity contribution is 7.17. The molecule has 0 aliphatic heterocycles. The van der Waals surface area contributed by atoms with E-state index in [0.29, 0.717) is 22.2 Å². The molecular weight excluding hydrogens is 421 g/mol. The minimum atomic E-state index is -4.42. The summed E-state index contributed by atoms with van der Waals surface area (Å²) >= 11 is 1.03. The van der Waals surface area contributed by atoms with Gasteiger partial charge in [0.25, 0.3) is 0 Å². The van der Waals surface area contributed by atoms with Gasteiger partial charge < -0.3 is 15.4 Å². The lowest BCUT2D eigenvalue weighted by atomic mass is 10.1. The topological polar surface area (TPSA) is 107 Å². The third-order valence-electron chi connectivity index (χ3n) is 3.86. The predicted octanol–water partition coefficient (Wildman–Crippen LogP) is 3.33. The average molecular weight is 438 g/mol. The number of esters is 1. The zero-order valence-corrected chi connectivity index (χ0v) is 17.0. The largest absolute Gasteiger partial charge is 0.453 e. The van der Waals surface area contributed by atoms with E-state index < -0.39 is 17.7 Å². The van der Waals surface area contributed by atoms with Crippen LogP contribution in [0.1, 0.15) is 26.8 Å². The SMILES string of the molecule is Cc1nc(-c2ccc(C(F)(F)F)cc2)sc1C(=O)OCc1nc(N)nc(N(C)C)n1. The van der Waals surface area contributed by atoms with Crippen LogP contribution in [-0.2, 0) is 17.5 Å². The van der Waals surface area contributed by atoms with Gasteiger partial charge in [-0.3, -0.25) is 0 Å². The summed E-state index contributed by atoms with van der Waals surface area (Å²) in [5, 5.41) is 0.410. The highest BCUT2D eigenvalue weighted by atomic mass is 32.1. The number of hydrogen-bond donors (Lipinski definition) is 1. The van der Waals surface area contributed by atoms with Gasteiger partial charge in [-0.05, 0) is 19.1 Å². The van der Waals surface area contributed by atoms with Gasteiger partial charge in [-0.1, -0.05) is 12.1 Å². The molecule has 2 aromatic heterocycles. The van der Waals surface area contributed by atoms with Crippen molar-refractivity contribution in [2.75, 3.05) is 24.7 Å². The molecule has 158 valence electrons. The van der Waals surface area contributed by atoms with Gasteiger partial charge in [-0.2, -0.15) is 28.1 Å². The Labute approximate surface area is 173 Å². The third kappa shape index (κ3) is 4.82. The molecule has 30 heavy (non-hydrogen) atoms. The number of aromatic nitrogens is 4. The highest BCUT2D eigenvalue weighted by Crippen LogP contribution is 2.33. The van der Waals surface area contributed by atoms with Crippen LogP contribution < -0.4 is 10.6 Å². The number of anilines is 2. The molecule has 0 amide bonds. The minimum absolute atomic E-state index is 0.00157. The van der Waals surface area contributed by atoms with E-state index in [-0.39, 0.29) is 23.3 Å². The van der Waals surface area contributed by atoms with Crippen LogP contribution in [0, 0.1) is 6.92 Å². The van der Waals surface area contributed by atoms with Crippen LogP contribution in [0.5, 0.6) is 0 Å². The molecule has 3 rings (SSSR count). The van der Waals surface area contributed by atoms with E-state index in [0.717, 1.165) is 23.5 Å². The molecule has 0 bridgehead atoms. The highest BCUT2D eigenvalue weighted by Gasteiger charge is 2.30. The van der Waals surface area contributed by atoms with Crippen molar-refractivity contribution in [3.05, 3.63) is 46.2 Å². The van der Waals surface area contributed by atoms with Crippen molar-refractivity contribution in [1.82, 2.24) is 19.9 Å². The summed E-state index contributed by atoms with van der Waals surface area (Å²) in [6, 6.07) is 4.56. The van der Waals surface area contributed by atoms with E-state index in [1.54, 1.807) is 25.9 Å². The molecule has 0 atom stereocenters. The van der Waals surface area contributed by atoms with Crippen LogP contribution in [0.2, 0.25) is 0 Å². The van der Waals surface area contributed by atoms with Gasteiger partial charge >= 0.3 is 12.1 Å². The Hall–Kier alpha value is -3.28. The number of thiazole rings is 1. The first-order chi connectivity index (χ1) is 14.0.